The Morgan fingerprint density at radius 3 is 2.84 bits per heavy atom. The fourth-order valence-corrected chi connectivity index (χ4v) is 2.88. The molecule has 0 aliphatic carbocycles. The molecule has 1 amide bonds. The van der Waals surface area contributed by atoms with Gasteiger partial charge in [0, 0.05) is 29.8 Å². The molecule has 0 aromatic heterocycles. The van der Waals surface area contributed by atoms with Crippen LogP contribution in [0.3, 0.4) is 0 Å². The molecular formula is C14H20BrN3O. The van der Waals surface area contributed by atoms with Gasteiger partial charge < -0.3 is 15.5 Å². The number of nitrogens with zero attached hydrogens (tertiary/aromatic N) is 2. The van der Waals surface area contributed by atoms with Crippen LogP contribution in [-0.4, -0.2) is 43.0 Å². The van der Waals surface area contributed by atoms with Crippen molar-refractivity contribution < 1.29 is 4.79 Å². The van der Waals surface area contributed by atoms with E-state index < -0.39 is 0 Å². The molecule has 2 N–H and O–H groups in total. The van der Waals surface area contributed by atoms with Crippen LogP contribution >= 0.6 is 15.9 Å². The van der Waals surface area contributed by atoms with Crippen LogP contribution in [-0.2, 0) is 4.79 Å². The van der Waals surface area contributed by atoms with Crippen molar-refractivity contribution >= 4 is 27.5 Å². The third-order valence-electron chi connectivity index (χ3n) is 3.71. The normalized spacial score (nSPS) is 23.9. The lowest BCUT2D eigenvalue weighted by atomic mass is 10.0. The van der Waals surface area contributed by atoms with Gasteiger partial charge in [-0.2, -0.15) is 0 Å². The molecule has 2 unspecified atom stereocenters. The third kappa shape index (κ3) is 2.92. The molecule has 1 aromatic carbocycles. The minimum absolute atomic E-state index is 0.152. The van der Waals surface area contributed by atoms with E-state index in [0.717, 1.165) is 16.7 Å². The average molecular weight is 326 g/mol. The number of likely N-dealkylation sites (N-methyl/N-ethyl adjacent to an activating group) is 1. The largest absolute Gasteiger partial charge is 0.357 e. The first-order chi connectivity index (χ1) is 9.04. The minimum atomic E-state index is -0.152. The van der Waals surface area contributed by atoms with E-state index in [1.807, 2.05) is 30.1 Å². The Hall–Kier alpha value is -1.07. The molecule has 1 heterocycles. The maximum Gasteiger partial charge on any atom is 0.245 e. The minimum Gasteiger partial charge on any atom is -0.357 e. The number of halogens is 1. The maximum atomic E-state index is 12.4. The predicted molar refractivity (Wildman–Crippen MR) is 81.2 cm³/mol. The Kier molecular flexibility index (Phi) is 4.47. The maximum absolute atomic E-state index is 12.4. The highest BCUT2D eigenvalue weighted by atomic mass is 79.9. The monoisotopic (exact) mass is 325 g/mol. The van der Waals surface area contributed by atoms with Gasteiger partial charge in [0.25, 0.3) is 0 Å². The fraction of sp³-hybridized carbons (Fsp3) is 0.500. The fourth-order valence-electron chi connectivity index (χ4n) is 2.50. The van der Waals surface area contributed by atoms with Gasteiger partial charge in [0.15, 0.2) is 0 Å². The summed E-state index contributed by atoms with van der Waals surface area (Å²) in [7, 11) is 1.87. The van der Waals surface area contributed by atoms with Crippen LogP contribution in [0.1, 0.15) is 13.3 Å². The van der Waals surface area contributed by atoms with Crippen molar-refractivity contribution in [1.82, 2.24) is 4.90 Å². The summed E-state index contributed by atoms with van der Waals surface area (Å²) in [4.78, 5) is 16.4. The van der Waals surface area contributed by atoms with Crippen molar-refractivity contribution in [2.75, 3.05) is 25.0 Å². The summed E-state index contributed by atoms with van der Waals surface area (Å²) in [5, 5.41) is 0. The summed E-state index contributed by atoms with van der Waals surface area (Å²) in [6.07, 6.45) is 0.683. The second-order valence-electron chi connectivity index (χ2n) is 5.02. The van der Waals surface area contributed by atoms with Crippen molar-refractivity contribution in [2.24, 2.45) is 5.73 Å². The number of hydrogen-bond donors (Lipinski definition) is 1. The van der Waals surface area contributed by atoms with Crippen molar-refractivity contribution in [3.63, 3.8) is 0 Å². The van der Waals surface area contributed by atoms with Crippen LogP contribution in [0.25, 0.3) is 0 Å². The van der Waals surface area contributed by atoms with Crippen LogP contribution in [0.4, 0.5) is 5.69 Å². The van der Waals surface area contributed by atoms with E-state index >= 15 is 0 Å². The molecule has 1 saturated heterocycles. The predicted octanol–water partition coefficient (Wildman–Crippen LogP) is 1.83. The van der Waals surface area contributed by atoms with Gasteiger partial charge in [-0.15, -0.1) is 0 Å². The Balaban J connectivity index is 2.32. The number of amides is 1. The molecule has 1 aliphatic heterocycles. The lowest BCUT2D eigenvalue weighted by Crippen LogP contribution is -2.60. The molecule has 0 radical (unpaired) electrons. The van der Waals surface area contributed by atoms with Crippen LogP contribution in [0.2, 0.25) is 0 Å². The van der Waals surface area contributed by atoms with Gasteiger partial charge in [0.05, 0.1) is 0 Å². The zero-order valence-electron chi connectivity index (χ0n) is 11.3. The molecule has 104 valence electrons. The summed E-state index contributed by atoms with van der Waals surface area (Å²) in [6, 6.07) is 8.13. The highest BCUT2D eigenvalue weighted by molar-refractivity contribution is 9.10. The molecule has 2 atom stereocenters. The zero-order valence-corrected chi connectivity index (χ0v) is 12.9. The van der Waals surface area contributed by atoms with Gasteiger partial charge in [-0.05, 0) is 38.1 Å². The Morgan fingerprint density at radius 1 is 1.47 bits per heavy atom. The Bertz CT molecular complexity index is 466. The van der Waals surface area contributed by atoms with Crippen molar-refractivity contribution in [3.05, 3.63) is 28.7 Å². The lowest BCUT2D eigenvalue weighted by Gasteiger charge is -2.44. The van der Waals surface area contributed by atoms with Crippen molar-refractivity contribution in [3.8, 4) is 0 Å². The van der Waals surface area contributed by atoms with Gasteiger partial charge in [-0.25, -0.2) is 0 Å². The zero-order chi connectivity index (χ0) is 14.0. The number of carbonyl (C=O) groups is 1. The standard InChI is InChI=1S/C14H20BrN3O/c1-10-9-18(12-5-3-4-11(15)8-12)13(6-7-16)14(19)17(10)2/h3-5,8,10,13H,6-7,9,16H2,1-2H3. The van der Waals surface area contributed by atoms with Gasteiger partial charge in [0.2, 0.25) is 5.91 Å². The van der Waals surface area contributed by atoms with Gasteiger partial charge in [-0.1, -0.05) is 22.0 Å². The molecule has 5 heteroatoms. The van der Waals surface area contributed by atoms with E-state index in [1.54, 1.807) is 0 Å². The van der Waals surface area contributed by atoms with E-state index in [-0.39, 0.29) is 18.0 Å². The van der Waals surface area contributed by atoms with Crippen LogP contribution in [0, 0.1) is 0 Å². The molecule has 0 bridgehead atoms. The molecule has 2 rings (SSSR count). The van der Waals surface area contributed by atoms with E-state index in [2.05, 4.69) is 33.8 Å². The third-order valence-corrected chi connectivity index (χ3v) is 4.20. The highest BCUT2D eigenvalue weighted by Gasteiger charge is 2.36. The summed E-state index contributed by atoms with van der Waals surface area (Å²) in [5.41, 5.74) is 6.74. The molecule has 1 aromatic rings. The molecule has 1 aliphatic rings. The molecular weight excluding hydrogens is 306 g/mol. The first-order valence-electron chi connectivity index (χ1n) is 6.53. The number of carbonyl (C=O) groups excluding carboxylic acids is 1. The van der Waals surface area contributed by atoms with E-state index in [0.29, 0.717) is 13.0 Å². The molecule has 4 nitrogen and oxygen atoms in total. The highest BCUT2D eigenvalue weighted by Crippen LogP contribution is 2.27. The van der Waals surface area contributed by atoms with Crippen molar-refractivity contribution in [1.29, 1.82) is 0 Å². The first-order valence-corrected chi connectivity index (χ1v) is 7.33. The second kappa shape index (κ2) is 5.92. The van der Waals surface area contributed by atoms with Gasteiger partial charge in [0.1, 0.15) is 6.04 Å². The number of benzene rings is 1. The van der Waals surface area contributed by atoms with Gasteiger partial charge >= 0.3 is 0 Å². The number of nitrogens with two attached hydrogens (primary N) is 1. The van der Waals surface area contributed by atoms with Crippen LogP contribution < -0.4 is 10.6 Å². The SMILES string of the molecule is CC1CN(c2cccc(Br)c2)C(CCN)C(=O)N1C. The van der Waals surface area contributed by atoms with Crippen LogP contribution in [0.5, 0.6) is 0 Å². The quantitative estimate of drug-likeness (QED) is 0.922. The topological polar surface area (TPSA) is 49.6 Å². The smallest absolute Gasteiger partial charge is 0.245 e. The molecule has 0 saturated carbocycles. The molecule has 0 spiro atoms. The first kappa shape index (κ1) is 14.3. The Labute approximate surface area is 122 Å². The second-order valence-corrected chi connectivity index (χ2v) is 5.94. The van der Waals surface area contributed by atoms with Crippen LogP contribution in [0.15, 0.2) is 28.7 Å². The molecule has 19 heavy (non-hydrogen) atoms. The number of anilines is 1. The number of rotatable bonds is 3. The summed E-state index contributed by atoms with van der Waals surface area (Å²) in [6.45, 7) is 3.42. The van der Waals surface area contributed by atoms with Crippen molar-refractivity contribution in [2.45, 2.75) is 25.4 Å². The summed E-state index contributed by atoms with van der Waals surface area (Å²) >= 11 is 3.48. The Morgan fingerprint density at radius 2 is 2.21 bits per heavy atom. The van der Waals surface area contributed by atoms with E-state index in [1.165, 1.54) is 0 Å². The van der Waals surface area contributed by atoms with E-state index in [4.69, 9.17) is 5.73 Å². The summed E-state index contributed by atoms with van der Waals surface area (Å²) < 4.78 is 1.02. The van der Waals surface area contributed by atoms with Gasteiger partial charge in [-0.3, -0.25) is 4.79 Å². The molecule has 1 fully saturated rings. The number of piperazine rings is 1. The number of hydrogen-bond acceptors (Lipinski definition) is 3. The average Bonchev–Trinajstić information content (AvgIpc) is 2.39. The van der Waals surface area contributed by atoms with E-state index in [9.17, 15) is 4.79 Å². The summed E-state index contributed by atoms with van der Waals surface area (Å²) in [5.74, 6) is 0.157. The lowest BCUT2D eigenvalue weighted by molar-refractivity contribution is -0.135.